The predicted molar refractivity (Wildman–Crippen MR) is 179 cm³/mol. The van der Waals surface area contributed by atoms with E-state index >= 15 is 0 Å². The topological polar surface area (TPSA) is 17.8 Å². The molecule has 6 aromatic rings. The summed E-state index contributed by atoms with van der Waals surface area (Å²) in [5.41, 5.74) is 6.38. The first kappa shape index (κ1) is 28.2. The Morgan fingerprint density at radius 1 is 0.683 bits per heavy atom. The third-order valence-corrected chi connectivity index (χ3v) is 10.0. The monoisotopic (exact) mass is 566 g/mol. The molecule has 1 aromatic heterocycles. The summed E-state index contributed by atoms with van der Waals surface area (Å²) in [4.78, 5) is 4.36. The molecule has 0 aliphatic rings. The molecule has 200 valence electrons. The van der Waals surface area contributed by atoms with E-state index in [9.17, 15) is 0 Å². The second-order valence-electron chi connectivity index (χ2n) is 9.80. The van der Waals surface area contributed by atoms with Crippen LogP contribution in [0.2, 0.25) is 5.02 Å². The summed E-state index contributed by atoms with van der Waals surface area (Å²) in [6.07, 6.45) is 5.85. The Labute approximate surface area is 251 Å². The number of aromatic nitrogens is 2. The van der Waals surface area contributed by atoms with E-state index in [1.807, 2.05) is 36.8 Å². The summed E-state index contributed by atoms with van der Waals surface area (Å²) < 4.78 is 2.25. The van der Waals surface area contributed by atoms with Crippen molar-refractivity contribution in [2.75, 3.05) is 0 Å². The Morgan fingerprint density at radius 2 is 1.20 bits per heavy atom. The molecule has 5 aromatic carbocycles. The summed E-state index contributed by atoms with van der Waals surface area (Å²) >= 11 is 6.29. The Balaban J connectivity index is 0.000000191. The number of imidazole rings is 1. The SMILES string of the molecule is BC=C(c1ccccc1)c1ccccc1.Clc1cccc([SiH2]C(c2ccccc2)(c2ccccc2)n2ccnc2)c1. The van der Waals surface area contributed by atoms with E-state index < -0.39 is 9.52 Å². The van der Waals surface area contributed by atoms with Crippen LogP contribution in [0, 0.1) is 0 Å². The van der Waals surface area contributed by atoms with Crippen molar-refractivity contribution < 1.29 is 0 Å². The molecule has 5 heteroatoms. The fraction of sp³-hybridized carbons (Fsp3) is 0.0278. The molecule has 0 aliphatic heterocycles. The standard InChI is InChI=1S/C22H19ClN2Si.C14H13B/c23-20-12-7-13-21(16-20)26-22(25-15-14-24-17-25,18-8-3-1-4-9-18)19-10-5-2-6-11-19;15-11-14(12-7-3-1-4-8-12)13-9-5-2-6-10-13/h1-17H,26H2;1-11H,15H2. The molecule has 41 heavy (non-hydrogen) atoms. The van der Waals surface area contributed by atoms with Gasteiger partial charge in [-0.15, -0.1) is 5.98 Å². The van der Waals surface area contributed by atoms with E-state index in [4.69, 9.17) is 11.6 Å². The van der Waals surface area contributed by atoms with Crippen molar-refractivity contribution in [2.45, 2.75) is 5.16 Å². The highest BCUT2D eigenvalue weighted by Gasteiger charge is 2.36. The van der Waals surface area contributed by atoms with Crippen LogP contribution >= 0.6 is 11.6 Å². The first-order valence-corrected chi connectivity index (χ1v) is 15.6. The Bertz CT molecular complexity index is 1580. The third kappa shape index (κ3) is 6.68. The van der Waals surface area contributed by atoms with Crippen LogP contribution in [0.1, 0.15) is 22.3 Å². The van der Waals surface area contributed by atoms with Crippen LogP contribution in [0.3, 0.4) is 0 Å². The van der Waals surface area contributed by atoms with Gasteiger partial charge in [0.2, 0.25) is 0 Å². The molecule has 0 aliphatic carbocycles. The molecule has 0 saturated carbocycles. The molecular formula is C36H32BClN2Si. The summed E-state index contributed by atoms with van der Waals surface area (Å²) in [5, 5.41) is 1.85. The molecule has 1 heterocycles. The van der Waals surface area contributed by atoms with Gasteiger partial charge in [-0.3, -0.25) is 0 Å². The van der Waals surface area contributed by atoms with Crippen molar-refractivity contribution in [1.29, 1.82) is 0 Å². The minimum atomic E-state index is -0.853. The average Bonchev–Trinajstić information content (AvgIpc) is 3.58. The first-order chi connectivity index (χ1) is 20.2. The van der Waals surface area contributed by atoms with Crippen molar-refractivity contribution >= 4 is 39.7 Å². The maximum absolute atomic E-state index is 6.29. The fourth-order valence-electron chi connectivity index (χ4n) is 5.35. The largest absolute Gasteiger partial charge is 0.326 e. The molecule has 0 bridgehead atoms. The van der Waals surface area contributed by atoms with Crippen molar-refractivity contribution in [3.63, 3.8) is 0 Å². The first-order valence-electron chi connectivity index (χ1n) is 13.8. The molecule has 0 atom stereocenters. The van der Waals surface area contributed by atoms with Gasteiger partial charge in [0.1, 0.15) is 7.85 Å². The summed E-state index contributed by atoms with van der Waals surface area (Å²) in [6, 6.07) is 50.6. The highest BCUT2D eigenvalue weighted by molar-refractivity contribution is 6.58. The summed E-state index contributed by atoms with van der Waals surface area (Å²) in [6.45, 7) is 0. The summed E-state index contributed by atoms with van der Waals surface area (Å²) in [5.74, 6) is 2.16. The molecule has 0 N–H and O–H groups in total. The van der Waals surface area contributed by atoms with E-state index in [1.165, 1.54) is 33.0 Å². The van der Waals surface area contributed by atoms with Crippen LogP contribution in [-0.2, 0) is 5.16 Å². The minimum Gasteiger partial charge on any atom is -0.326 e. The Kier molecular flexibility index (Phi) is 9.48. The molecule has 2 nitrogen and oxygen atoms in total. The highest BCUT2D eigenvalue weighted by atomic mass is 35.5. The Morgan fingerprint density at radius 3 is 1.63 bits per heavy atom. The van der Waals surface area contributed by atoms with Gasteiger partial charge in [0.25, 0.3) is 0 Å². The number of nitrogens with zero attached hydrogens (tertiary/aromatic N) is 2. The molecule has 0 spiro atoms. The second kappa shape index (κ2) is 13.8. The lowest BCUT2D eigenvalue weighted by Gasteiger charge is -2.37. The van der Waals surface area contributed by atoms with Gasteiger partial charge in [0.15, 0.2) is 0 Å². The molecular weight excluding hydrogens is 535 g/mol. The van der Waals surface area contributed by atoms with Crippen LogP contribution in [-0.4, -0.2) is 26.9 Å². The second-order valence-corrected chi connectivity index (χ2v) is 12.4. The quantitative estimate of drug-likeness (QED) is 0.202. The molecule has 0 unspecified atom stereocenters. The number of halogens is 1. The van der Waals surface area contributed by atoms with Crippen LogP contribution in [0.4, 0.5) is 0 Å². The van der Waals surface area contributed by atoms with Crippen molar-refractivity contribution in [2.24, 2.45) is 0 Å². The van der Waals surface area contributed by atoms with Gasteiger partial charge in [-0.1, -0.05) is 150 Å². The molecule has 0 fully saturated rings. The molecule has 0 radical (unpaired) electrons. The smallest absolute Gasteiger partial charge is 0.130 e. The van der Waals surface area contributed by atoms with Gasteiger partial charge in [-0.05, 0) is 40.0 Å². The van der Waals surface area contributed by atoms with E-state index in [0.29, 0.717) is 0 Å². The zero-order valence-corrected chi connectivity index (χ0v) is 25.3. The van der Waals surface area contributed by atoms with Crippen molar-refractivity contribution in [3.05, 3.63) is 198 Å². The maximum atomic E-state index is 6.29. The van der Waals surface area contributed by atoms with Crippen LogP contribution in [0.25, 0.3) is 5.57 Å². The van der Waals surface area contributed by atoms with Gasteiger partial charge in [-0.2, -0.15) is 0 Å². The number of rotatable bonds is 7. The van der Waals surface area contributed by atoms with Crippen molar-refractivity contribution in [1.82, 2.24) is 9.55 Å². The van der Waals surface area contributed by atoms with Crippen LogP contribution in [0.5, 0.6) is 0 Å². The molecule has 0 saturated heterocycles. The van der Waals surface area contributed by atoms with Gasteiger partial charge in [0, 0.05) is 17.4 Å². The highest BCUT2D eigenvalue weighted by Crippen LogP contribution is 2.33. The van der Waals surface area contributed by atoms with Gasteiger partial charge in [-0.25, -0.2) is 4.98 Å². The minimum absolute atomic E-state index is 0.260. The number of hydrogen-bond donors (Lipinski definition) is 0. The normalized spacial score (nSPS) is 11.0. The van der Waals surface area contributed by atoms with Crippen molar-refractivity contribution in [3.8, 4) is 0 Å². The number of hydrogen-bond acceptors (Lipinski definition) is 1. The Hall–Kier alpha value is -4.38. The average molecular weight is 567 g/mol. The third-order valence-electron chi connectivity index (χ3n) is 7.26. The lowest BCUT2D eigenvalue weighted by Crippen LogP contribution is -2.46. The molecule has 0 amide bonds. The molecule has 6 rings (SSSR count). The fourth-order valence-corrected chi connectivity index (χ4v) is 8.11. The van der Waals surface area contributed by atoms with Crippen LogP contribution < -0.4 is 5.19 Å². The van der Waals surface area contributed by atoms with E-state index in [0.717, 1.165) is 5.02 Å². The summed E-state index contributed by atoms with van der Waals surface area (Å²) in [7, 11) is 1.23. The zero-order valence-electron chi connectivity index (χ0n) is 23.1. The predicted octanol–water partition coefficient (Wildman–Crippen LogP) is 6.49. The maximum Gasteiger partial charge on any atom is 0.130 e. The van der Waals surface area contributed by atoms with Crippen LogP contribution in [0.15, 0.2) is 170 Å². The lowest BCUT2D eigenvalue weighted by atomic mass is 9.92. The lowest BCUT2D eigenvalue weighted by molar-refractivity contribution is 0.596. The van der Waals surface area contributed by atoms with E-state index in [-0.39, 0.29) is 5.16 Å². The van der Waals surface area contributed by atoms with Gasteiger partial charge >= 0.3 is 0 Å². The number of benzene rings is 5. The zero-order chi connectivity index (χ0) is 28.3. The van der Waals surface area contributed by atoms with E-state index in [2.05, 4.69) is 151 Å². The van der Waals surface area contributed by atoms with E-state index in [1.54, 1.807) is 0 Å². The van der Waals surface area contributed by atoms with Gasteiger partial charge in [0.05, 0.1) is 21.0 Å². The van der Waals surface area contributed by atoms with Gasteiger partial charge < -0.3 is 4.57 Å².